The van der Waals surface area contributed by atoms with Crippen LogP contribution < -0.4 is 0 Å². The van der Waals surface area contributed by atoms with Gasteiger partial charge in [-0.05, 0) is 5.92 Å². The minimum Gasteiger partial charge on any atom is -0.0654 e. The van der Waals surface area contributed by atoms with Crippen LogP contribution in [0.4, 0.5) is 0 Å². The largest absolute Gasteiger partial charge is 0.0654 e. The summed E-state index contributed by atoms with van der Waals surface area (Å²) < 4.78 is 0. The van der Waals surface area contributed by atoms with Gasteiger partial charge in [0.15, 0.2) is 0 Å². The Labute approximate surface area is 48.4 Å². The predicted octanol–water partition coefficient (Wildman–Crippen LogP) is 3.08. The summed E-state index contributed by atoms with van der Waals surface area (Å²) in [5, 5.41) is 0. The molecule has 0 bridgehead atoms. The Morgan fingerprint density at radius 1 is 1.43 bits per heavy atom. The first kappa shape index (κ1) is 7.00. The maximum atomic E-state index is 2.31. The van der Waals surface area contributed by atoms with E-state index < -0.39 is 0 Å². The summed E-state index contributed by atoms with van der Waals surface area (Å²) in [6, 6.07) is 0. The standard InChI is InChI=1S/C7H16.H2/c1-4-6-7(3)5-2;/h7H,4-6H2,1-3H3;1H. The Hall–Kier alpha value is 0. The van der Waals surface area contributed by atoms with Crippen LogP contribution in [-0.2, 0) is 0 Å². The van der Waals surface area contributed by atoms with Crippen LogP contribution >= 0.6 is 0 Å². The highest BCUT2D eigenvalue weighted by molar-refractivity contribution is 4.45. The van der Waals surface area contributed by atoms with Crippen LogP contribution in [0, 0.1) is 5.92 Å². The lowest BCUT2D eigenvalue weighted by Gasteiger charge is -2.02. The molecule has 0 heteroatoms. The van der Waals surface area contributed by atoms with Gasteiger partial charge in [0, 0.05) is 1.43 Å². The van der Waals surface area contributed by atoms with Crippen molar-refractivity contribution in [2.24, 2.45) is 5.92 Å². The van der Waals surface area contributed by atoms with E-state index in [4.69, 9.17) is 0 Å². The van der Waals surface area contributed by atoms with Crippen molar-refractivity contribution in [1.82, 2.24) is 0 Å². The maximum absolute atomic E-state index is 2.31. The molecule has 1 atom stereocenters. The van der Waals surface area contributed by atoms with Crippen molar-refractivity contribution in [3.63, 3.8) is 0 Å². The van der Waals surface area contributed by atoms with Crippen LogP contribution in [0.2, 0.25) is 0 Å². The van der Waals surface area contributed by atoms with Gasteiger partial charge in [0.05, 0.1) is 0 Å². The van der Waals surface area contributed by atoms with Crippen LogP contribution in [-0.4, -0.2) is 0 Å². The summed E-state index contributed by atoms with van der Waals surface area (Å²) in [5.41, 5.74) is 0. The van der Waals surface area contributed by atoms with E-state index in [0.29, 0.717) is 0 Å². The SMILES string of the molecule is CCCC(C)CC.[HH]. The molecule has 0 aliphatic rings. The molecule has 46 valence electrons. The van der Waals surface area contributed by atoms with Gasteiger partial charge in [-0.2, -0.15) is 0 Å². The van der Waals surface area contributed by atoms with E-state index in [-0.39, 0.29) is 1.43 Å². The third kappa shape index (κ3) is 3.84. The number of rotatable bonds is 3. The highest BCUT2D eigenvalue weighted by Gasteiger charge is 1.92. The molecular weight excluding hydrogens is 84.1 g/mol. The molecule has 0 N–H and O–H groups in total. The molecule has 0 spiro atoms. The Bertz CT molecular complexity index is 35.4. The van der Waals surface area contributed by atoms with Crippen molar-refractivity contribution in [2.45, 2.75) is 40.0 Å². The Balaban J connectivity index is 0. The molecule has 0 rings (SSSR count). The molecule has 0 aromatic rings. The molecular formula is C7H18. The smallest absolute Gasteiger partial charge is 0 e. The lowest BCUT2D eigenvalue weighted by molar-refractivity contribution is 0.509. The molecule has 0 radical (unpaired) electrons. The second-order valence-electron chi connectivity index (χ2n) is 2.30. The molecule has 0 fully saturated rings. The fourth-order valence-electron chi connectivity index (χ4n) is 0.697. The lowest BCUT2D eigenvalue weighted by Crippen LogP contribution is -1.88. The fraction of sp³-hybridized carbons (Fsp3) is 1.00. The first-order chi connectivity index (χ1) is 3.31. The Kier molecular flexibility index (Phi) is 4.17. The summed E-state index contributed by atoms with van der Waals surface area (Å²) in [6.07, 6.45) is 4.08. The summed E-state index contributed by atoms with van der Waals surface area (Å²) in [6.45, 7) is 6.80. The molecule has 0 aliphatic heterocycles. The average Bonchev–Trinajstić information content (AvgIpc) is 1.68. The van der Waals surface area contributed by atoms with Gasteiger partial charge in [0.25, 0.3) is 0 Å². The molecule has 0 nitrogen and oxygen atoms in total. The van der Waals surface area contributed by atoms with Crippen molar-refractivity contribution in [3.8, 4) is 0 Å². The zero-order valence-electron chi connectivity index (χ0n) is 5.70. The normalized spacial score (nSPS) is 14.1. The van der Waals surface area contributed by atoms with E-state index in [1.165, 1.54) is 19.3 Å². The second-order valence-corrected chi connectivity index (χ2v) is 2.30. The van der Waals surface area contributed by atoms with Crippen LogP contribution in [0.3, 0.4) is 0 Å². The number of hydrogen-bond acceptors (Lipinski definition) is 0. The van der Waals surface area contributed by atoms with Crippen molar-refractivity contribution < 1.29 is 1.43 Å². The topological polar surface area (TPSA) is 0 Å². The molecule has 0 aromatic carbocycles. The third-order valence-electron chi connectivity index (χ3n) is 1.48. The third-order valence-corrected chi connectivity index (χ3v) is 1.48. The van der Waals surface area contributed by atoms with Crippen molar-refractivity contribution in [1.29, 1.82) is 0 Å². The van der Waals surface area contributed by atoms with Gasteiger partial charge in [-0.25, -0.2) is 0 Å². The molecule has 0 aliphatic carbocycles. The Morgan fingerprint density at radius 2 is 2.00 bits per heavy atom. The summed E-state index contributed by atoms with van der Waals surface area (Å²) in [5.74, 6) is 0.949. The fourth-order valence-corrected chi connectivity index (χ4v) is 0.697. The van der Waals surface area contributed by atoms with Gasteiger partial charge < -0.3 is 0 Å². The van der Waals surface area contributed by atoms with Crippen LogP contribution in [0.1, 0.15) is 41.5 Å². The summed E-state index contributed by atoms with van der Waals surface area (Å²) >= 11 is 0. The van der Waals surface area contributed by atoms with Gasteiger partial charge in [-0.1, -0.05) is 40.0 Å². The molecule has 0 saturated carbocycles. The number of hydrogen-bond donors (Lipinski definition) is 0. The van der Waals surface area contributed by atoms with Crippen molar-refractivity contribution in [2.75, 3.05) is 0 Å². The van der Waals surface area contributed by atoms with Gasteiger partial charge in [-0.15, -0.1) is 0 Å². The van der Waals surface area contributed by atoms with Crippen LogP contribution in [0.5, 0.6) is 0 Å². The first-order valence-electron chi connectivity index (χ1n) is 3.31. The van der Waals surface area contributed by atoms with E-state index in [1.807, 2.05) is 0 Å². The van der Waals surface area contributed by atoms with Crippen LogP contribution in [0.25, 0.3) is 0 Å². The maximum Gasteiger partial charge on any atom is 0 e. The minimum atomic E-state index is 0. The summed E-state index contributed by atoms with van der Waals surface area (Å²) in [4.78, 5) is 0. The quantitative estimate of drug-likeness (QED) is 0.513. The highest BCUT2D eigenvalue weighted by atomic mass is 14.0. The second kappa shape index (κ2) is 4.17. The van der Waals surface area contributed by atoms with E-state index in [1.54, 1.807) is 0 Å². The van der Waals surface area contributed by atoms with E-state index in [2.05, 4.69) is 20.8 Å². The summed E-state index contributed by atoms with van der Waals surface area (Å²) in [7, 11) is 0. The Morgan fingerprint density at radius 3 is 2.14 bits per heavy atom. The molecule has 0 saturated heterocycles. The molecule has 0 heterocycles. The van der Waals surface area contributed by atoms with Crippen molar-refractivity contribution >= 4 is 0 Å². The van der Waals surface area contributed by atoms with E-state index in [0.717, 1.165) is 5.92 Å². The van der Waals surface area contributed by atoms with Crippen molar-refractivity contribution in [3.05, 3.63) is 0 Å². The highest BCUT2D eigenvalue weighted by Crippen LogP contribution is 2.07. The monoisotopic (exact) mass is 102 g/mol. The molecule has 0 amide bonds. The van der Waals surface area contributed by atoms with E-state index >= 15 is 0 Å². The zero-order valence-corrected chi connectivity index (χ0v) is 5.70. The predicted molar refractivity (Wildman–Crippen MR) is 36.5 cm³/mol. The minimum absolute atomic E-state index is 0. The molecule has 1 unspecified atom stereocenters. The molecule has 0 aromatic heterocycles. The van der Waals surface area contributed by atoms with Gasteiger partial charge in [0.1, 0.15) is 0 Å². The van der Waals surface area contributed by atoms with E-state index in [9.17, 15) is 0 Å². The lowest BCUT2D eigenvalue weighted by atomic mass is 10.0. The zero-order chi connectivity index (χ0) is 5.70. The van der Waals surface area contributed by atoms with Gasteiger partial charge in [-0.3, -0.25) is 0 Å². The molecule has 7 heavy (non-hydrogen) atoms. The van der Waals surface area contributed by atoms with Crippen LogP contribution in [0.15, 0.2) is 0 Å². The average molecular weight is 102 g/mol. The van der Waals surface area contributed by atoms with Gasteiger partial charge in [0.2, 0.25) is 0 Å². The first-order valence-corrected chi connectivity index (χ1v) is 3.31. The van der Waals surface area contributed by atoms with Gasteiger partial charge >= 0.3 is 0 Å².